The molecule has 0 radical (unpaired) electrons. The maximum atomic E-state index is 3.46. The van der Waals surface area contributed by atoms with Crippen LogP contribution in [0, 0.1) is 6.92 Å². The topological polar surface area (TPSA) is 15.8 Å². The molecule has 0 unspecified atom stereocenters. The van der Waals surface area contributed by atoms with Crippen molar-refractivity contribution in [3.8, 4) is 0 Å². The predicted octanol–water partition coefficient (Wildman–Crippen LogP) is 4.12. The third-order valence-electron chi connectivity index (χ3n) is 2.40. The van der Waals surface area contributed by atoms with Crippen molar-refractivity contribution in [2.45, 2.75) is 31.8 Å². The summed E-state index contributed by atoms with van der Waals surface area (Å²) in [5.41, 5.74) is 3.90. The number of benzene rings is 1. The van der Waals surface area contributed by atoms with Gasteiger partial charge in [-0.2, -0.15) is 11.8 Å². The van der Waals surface area contributed by atoms with Crippen molar-refractivity contribution in [3.05, 3.63) is 35.5 Å². The first-order chi connectivity index (χ1) is 7.15. The van der Waals surface area contributed by atoms with Gasteiger partial charge in [0.15, 0.2) is 0 Å². The molecule has 2 aromatic rings. The lowest BCUT2D eigenvalue weighted by atomic mass is 10.2. The molecule has 0 aliphatic rings. The van der Waals surface area contributed by atoms with Crippen molar-refractivity contribution in [1.29, 1.82) is 0 Å². The molecule has 15 heavy (non-hydrogen) atoms. The molecule has 2 rings (SSSR count). The number of H-pyrrole nitrogens is 1. The van der Waals surface area contributed by atoms with Gasteiger partial charge in [0, 0.05) is 17.0 Å². The minimum atomic E-state index is 0.693. The van der Waals surface area contributed by atoms with Crippen molar-refractivity contribution in [1.82, 2.24) is 4.98 Å². The first kappa shape index (κ1) is 10.6. The Morgan fingerprint density at radius 3 is 2.80 bits per heavy atom. The molecular weight excluding hydrogens is 202 g/mol. The van der Waals surface area contributed by atoms with Crippen LogP contribution >= 0.6 is 11.8 Å². The molecule has 2 heteroatoms. The summed E-state index contributed by atoms with van der Waals surface area (Å²) >= 11 is 1.97. The standard InChI is InChI=1S/C13H17NS/c1-9(2)15-8-12-7-11-6-10(3)4-5-13(11)14-12/h4-7,9,14H,8H2,1-3H3. The van der Waals surface area contributed by atoms with Gasteiger partial charge in [-0.25, -0.2) is 0 Å². The first-order valence-electron chi connectivity index (χ1n) is 5.35. The summed E-state index contributed by atoms with van der Waals surface area (Å²) in [5.74, 6) is 1.07. The van der Waals surface area contributed by atoms with Gasteiger partial charge >= 0.3 is 0 Å². The number of hydrogen-bond donors (Lipinski definition) is 1. The third-order valence-corrected chi connectivity index (χ3v) is 3.55. The van der Waals surface area contributed by atoms with Crippen LogP contribution in [0.5, 0.6) is 0 Å². The van der Waals surface area contributed by atoms with E-state index >= 15 is 0 Å². The van der Waals surface area contributed by atoms with Crippen LogP contribution in [0.3, 0.4) is 0 Å². The van der Waals surface area contributed by atoms with E-state index in [-0.39, 0.29) is 0 Å². The Morgan fingerprint density at radius 2 is 2.07 bits per heavy atom. The lowest BCUT2D eigenvalue weighted by molar-refractivity contribution is 1.10. The molecule has 0 aliphatic heterocycles. The summed E-state index contributed by atoms with van der Waals surface area (Å²) in [5, 5.41) is 2.02. The van der Waals surface area contributed by atoms with E-state index in [0.717, 1.165) is 5.75 Å². The van der Waals surface area contributed by atoms with Crippen molar-refractivity contribution < 1.29 is 0 Å². The van der Waals surface area contributed by atoms with Gasteiger partial charge in [0.2, 0.25) is 0 Å². The fourth-order valence-electron chi connectivity index (χ4n) is 1.65. The third kappa shape index (κ3) is 2.57. The molecule has 1 nitrogen and oxygen atoms in total. The highest BCUT2D eigenvalue weighted by Gasteiger charge is 2.02. The predicted molar refractivity (Wildman–Crippen MR) is 69.5 cm³/mol. The highest BCUT2D eigenvalue weighted by Crippen LogP contribution is 2.21. The van der Waals surface area contributed by atoms with Crippen molar-refractivity contribution in [2.24, 2.45) is 0 Å². The monoisotopic (exact) mass is 219 g/mol. The van der Waals surface area contributed by atoms with E-state index in [4.69, 9.17) is 0 Å². The van der Waals surface area contributed by atoms with Crippen molar-refractivity contribution in [3.63, 3.8) is 0 Å². The summed E-state index contributed by atoms with van der Waals surface area (Å²) in [7, 11) is 0. The molecule has 0 aliphatic carbocycles. The average Bonchev–Trinajstić information content (AvgIpc) is 2.56. The number of fused-ring (bicyclic) bond motifs is 1. The number of nitrogens with one attached hydrogen (secondary N) is 1. The summed E-state index contributed by atoms with van der Waals surface area (Å²) in [6, 6.07) is 8.81. The molecular formula is C13H17NS. The summed E-state index contributed by atoms with van der Waals surface area (Å²) < 4.78 is 0. The van der Waals surface area contributed by atoms with Crippen molar-refractivity contribution in [2.75, 3.05) is 0 Å². The summed E-state index contributed by atoms with van der Waals surface area (Å²) in [4.78, 5) is 3.46. The van der Waals surface area contributed by atoms with Crippen LogP contribution in [0.25, 0.3) is 10.9 Å². The van der Waals surface area contributed by atoms with Gasteiger partial charge in [-0.3, -0.25) is 0 Å². The zero-order valence-corrected chi connectivity index (χ0v) is 10.3. The Hall–Kier alpha value is -0.890. The van der Waals surface area contributed by atoms with Gasteiger partial charge in [-0.1, -0.05) is 25.5 Å². The minimum Gasteiger partial charge on any atom is -0.358 e. The summed E-state index contributed by atoms with van der Waals surface area (Å²) in [6.07, 6.45) is 0. The Kier molecular flexibility index (Phi) is 3.06. The lowest BCUT2D eigenvalue weighted by Crippen LogP contribution is -1.88. The smallest absolute Gasteiger partial charge is 0.0456 e. The van der Waals surface area contributed by atoms with Crippen LogP contribution < -0.4 is 0 Å². The minimum absolute atomic E-state index is 0.693. The van der Waals surface area contributed by atoms with E-state index in [2.05, 4.69) is 50.0 Å². The van der Waals surface area contributed by atoms with E-state index in [0.29, 0.717) is 5.25 Å². The highest BCUT2D eigenvalue weighted by molar-refractivity contribution is 7.99. The molecule has 0 saturated carbocycles. The van der Waals surface area contributed by atoms with Gasteiger partial charge in [0.05, 0.1) is 0 Å². The Bertz CT molecular complexity index is 457. The molecule has 0 saturated heterocycles. The SMILES string of the molecule is Cc1ccc2[nH]c(CSC(C)C)cc2c1. The van der Waals surface area contributed by atoms with Crippen LogP contribution in [0.1, 0.15) is 25.1 Å². The molecule has 0 atom stereocenters. The second kappa shape index (κ2) is 4.31. The lowest BCUT2D eigenvalue weighted by Gasteiger charge is -2.01. The van der Waals surface area contributed by atoms with Gasteiger partial charge in [-0.15, -0.1) is 0 Å². The van der Waals surface area contributed by atoms with Gasteiger partial charge < -0.3 is 4.98 Å². The number of aromatic amines is 1. The molecule has 0 spiro atoms. The number of rotatable bonds is 3. The maximum Gasteiger partial charge on any atom is 0.0456 e. The highest BCUT2D eigenvalue weighted by atomic mass is 32.2. The second-order valence-corrected chi connectivity index (χ2v) is 5.81. The van der Waals surface area contributed by atoms with E-state index < -0.39 is 0 Å². The van der Waals surface area contributed by atoms with Gasteiger partial charge in [0.1, 0.15) is 0 Å². The molecule has 1 N–H and O–H groups in total. The van der Waals surface area contributed by atoms with E-state index in [9.17, 15) is 0 Å². The van der Waals surface area contributed by atoms with Gasteiger partial charge in [-0.05, 0) is 35.8 Å². The van der Waals surface area contributed by atoms with E-state index in [1.165, 1.54) is 22.2 Å². The van der Waals surface area contributed by atoms with Crippen LogP contribution in [0.4, 0.5) is 0 Å². The maximum absolute atomic E-state index is 3.46. The van der Waals surface area contributed by atoms with E-state index in [1.807, 2.05) is 11.8 Å². The van der Waals surface area contributed by atoms with Gasteiger partial charge in [0.25, 0.3) is 0 Å². The molecule has 1 aromatic carbocycles. The Balaban J connectivity index is 2.23. The molecule has 0 fully saturated rings. The average molecular weight is 219 g/mol. The molecule has 1 heterocycles. The van der Waals surface area contributed by atoms with E-state index in [1.54, 1.807) is 0 Å². The Labute approximate surface area is 95.3 Å². The number of thioether (sulfide) groups is 1. The zero-order valence-electron chi connectivity index (χ0n) is 9.50. The molecule has 0 amide bonds. The summed E-state index contributed by atoms with van der Waals surface area (Å²) in [6.45, 7) is 6.60. The van der Waals surface area contributed by atoms with Crippen LogP contribution in [-0.2, 0) is 5.75 Å². The quantitative estimate of drug-likeness (QED) is 0.821. The largest absolute Gasteiger partial charge is 0.358 e. The van der Waals surface area contributed by atoms with Crippen molar-refractivity contribution >= 4 is 22.7 Å². The molecule has 80 valence electrons. The molecule has 0 bridgehead atoms. The number of hydrogen-bond acceptors (Lipinski definition) is 1. The fourth-order valence-corrected chi connectivity index (χ4v) is 2.31. The van der Waals surface area contributed by atoms with Crippen LogP contribution in [0.15, 0.2) is 24.3 Å². The first-order valence-corrected chi connectivity index (χ1v) is 6.40. The normalized spacial score (nSPS) is 11.5. The molecule has 1 aromatic heterocycles. The number of aryl methyl sites for hydroxylation is 1. The zero-order chi connectivity index (χ0) is 10.8. The number of aromatic nitrogens is 1. The fraction of sp³-hybridized carbons (Fsp3) is 0.385. The second-order valence-electron chi connectivity index (χ2n) is 4.25. The Morgan fingerprint density at radius 1 is 1.27 bits per heavy atom. The van der Waals surface area contributed by atoms with Crippen LogP contribution in [0.2, 0.25) is 0 Å². The van der Waals surface area contributed by atoms with Crippen LogP contribution in [-0.4, -0.2) is 10.2 Å².